The fraction of sp³-hybridized carbons (Fsp3) is 0.462. The Balaban J connectivity index is 2.03. The maximum atomic E-state index is 13.1. The van der Waals surface area contributed by atoms with E-state index >= 15 is 0 Å². The van der Waals surface area contributed by atoms with E-state index in [1.165, 1.54) is 0 Å². The minimum atomic E-state index is -1.13. The SMILES string of the molecule is CC1(CNC(=O)c2cc(F)c(F)cc2Cl)OCCCO1. The van der Waals surface area contributed by atoms with E-state index in [-0.39, 0.29) is 17.1 Å². The lowest BCUT2D eigenvalue weighted by atomic mass is 10.2. The number of rotatable bonds is 3. The van der Waals surface area contributed by atoms with Gasteiger partial charge in [-0.15, -0.1) is 0 Å². The van der Waals surface area contributed by atoms with E-state index in [2.05, 4.69) is 5.32 Å². The largest absolute Gasteiger partial charge is 0.348 e. The van der Waals surface area contributed by atoms with Crippen LogP contribution in [0, 0.1) is 11.6 Å². The second-order valence-corrected chi connectivity index (χ2v) is 5.02. The van der Waals surface area contributed by atoms with Crippen molar-refractivity contribution in [3.8, 4) is 0 Å². The number of carbonyl (C=O) groups is 1. The topological polar surface area (TPSA) is 47.6 Å². The maximum absolute atomic E-state index is 13.1. The normalized spacial score (nSPS) is 17.8. The zero-order valence-corrected chi connectivity index (χ0v) is 11.6. The number of amides is 1. The number of ether oxygens (including phenoxy) is 2. The quantitative estimate of drug-likeness (QED) is 0.873. The van der Waals surface area contributed by atoms with Crippen LogP contribution >= 0.6 is 11.6 Å². The van der Waals surface area contributed by atoms with Gasteiger partial charge in [0.05, 0.1) is 30.3 Å². The molecule has 1 N–H and O–H groups in total. The van der Waals surface area contributed by atoms with Crippen LogP contribution < -0.4 is 5.32 Å². The maximum Gasteiger partial charge on any atom is 0.253 e. The number of halogens is 3. The highest BCUT2D eigenvalue weighted by Crippen LogP contribution is 2.21. The zero-order chi connectivity index (χ0) is 14.8. The second-order valence-electron chi connectivity index (χ2n) is 4.61. The molecule has 1 saturated heterocycles. The lowest BCUT2D eigenvalue weighted by molar-refractivity contribution is -0.251. The Labute approximate surface area is 120 Å². The molecule has 1 fully saturated rings. The molecule has 0 aliphatic carbocycles. The molecule has 2 rings (SSSR count). The molecule has 1 aliphatic heterocycles. The van der Waals surface area contributed by atoms with E-state index in [0.29, 0.717) is 13.2 Å². The van der Waals surface area contributed by atoms with Crippen LogP contribution in [-0.4, -0.2) is 31.5 Å². The van der Waals surface area contributed by atoms with Gasteiger partial charge in [0.15, 0.2) is 17.4 Å². The molecular formula is C13H14ClF2NO3. The van der Waals surface area contributed by atoms with Gasteiger partial charge in [-0.2, -0.15) is 0 Å². The van der Waals surface area contributed by atoms with Gasteiger partial charge < -0.3 is 14.8 Å². The first-order valence-corrected chi connectivity index (χ1v) is 6.50. The predicted molar refractivity (Wildman–Crippen MR) is 68.6 cm³/mol. The van der Waals surface area contributed by atoms with Crippen LogP contribution in [0.2, 0.25) is 5.02 Å². The molecule has 110 valence electrons. The van der Waals surface area contributed by atoms with Gasteiger partial charge in [-0.3, -0.25) is 4.79 Å². The summed E-state index contributed by atoms with van der Waals surface area (Å²) in [5.41, 5.74) is -0.134. The Kier molecular flexibility index (Phi) is 4.57. The van der Waals surface area contributed by atoms with Crippen molar-refractivity contribution in [3.05, 3.63) is 34.4 Å². The molecule has 1 aromatic rings. The van der Waals surface area contributed by atoms with E-state index in [9.17, 15) is 13.6 Å². The minimum Gasteiger partial charge on any atom is -0.348 e. The van der Waals surface area contributed by atoms with Crippen LogP contribution in [0.1, 0.15) is 23.7 Å². The summed E-state index contributed by atoms with van der Waals surface area (Å²) in [5, 5.41) is 2.38. The highest BCUT2D eigenvalue weighted by molar-refractivity contribution is 6.33. The van der Waals surface area contributed by atoms with E-state index in [1.54, 1.807) is 6.92 Å². The van der Waals surface area contributed by atoms with Crippen molar-refractivity contribution in [2.24, 2.45) is 0 Å². The average molecular weight is 306 g/mol. The monoisotopic (exact) mass is 305 g/mol. The van der Waals surface area contributed by atoms with Gasteiger partial charge in [0, 0.05) is 0 Å². The Morgan fingerprint density at radius 1 is 1.35 bits per heavy atom. The summed E-state index contributed by atoms with van der Waals surface area (Å²) < 4.78 is 36.9. The molecule has 7 heteroatoms. The lowest BCUT2D eigenvalue weighted by Crippen LogP contribution is -2.47. The molecule has 0 saturated carbocycles. The highest BCUT2D eigenvalue weighted by atomic mass is 35.5. The Hall–Kier alpha value is -1.24. The molecular weight excluding hydrogens is 292 g/mol. The van der Waals surface area contributed by atoms with Crippen molar-refractivity contribution in [3.63, 3.8) is 0 Å². The first-order valence-electron chi connectivity index (χ1n) is 6.12. The van der Waals surface area contributed by atoms with Crippen molar-refractivity contribution >= 4 is 17.5 Å². The van der Waals surface area contributed by atoms with Crippen LogP contribution in [-0.2, 0) is 9.47 Å². The van der Waals surface area contributed by atoms with Gasteiger partial charge in [0.25, 0.3) is 5.91 Å². The van der Waals surface area contributed by atoms with Crippen molar-refractivity contribution in [2.45, 2.75) is 19.1 Å². The van der Waals surface area contributed by atoms with Crippen molar-refractivity contribution in [2.75, 3.05) is 19.8 Å². The molecule has 0 spiro atoms. The van der Waals surface area contributed by atoms with E-state index in [4.69, 9.17) is 21.1 Å². The first kappa shape index (κ1) is 15.2. The number of carbonyl (C=O) groups excluding carboxylic acids is 1. The lowest BCUT2D eigenvalue weighted by Gasteiger charge is -2.33. The van der Waals surface area contributed by atoms with Gasteiger partial charge in [0.1, 0.15) is 0 Å². The molecule has 1 heterocycles. The molecule has 0 bridgehead atoms. The van der Waals surface area contributed by atoms with Crippen LogP contribution in [0.4, 0.5) is 8.78 Å². The Morgan fingerprint density at radius 3 is 2.60 bits per heavy atom. The fourth-order valence-electron chi connectivity index (χ4n) is 1.81. The van der Waals surface area contributed by atoms with Crippen LogP contribution in [0.15, 0.2) is 12.1 Å². The third-order valence-corrected chi connectivity index (χ3v) is 3.24. The molecule has 20 heavy (non-hydrogen) atoms. The second kappa shape index (κ2) is 6.03. The van der Waals surface area contributed by atoms with Crippen molar-refractivity contribution in [1.29, 1.82) is 0 Å². The molecule has 0 atom stereocenters. The molecule has 0 unspecified atom stereocenters. The van der Waals surface area contributed by atoms with Gasteiger partial charge in [-0.1, -0.05) is 11.6 Å². The van der Waals surface area contributed by atoms with Gasteiger partial charge in [0.2, 0.25) is 0 Å². The Bertz CT molecular complexity index is 519. The summed E-state index contributed by atoms with van der Waals surface area (Å²) in [6.07, 6.45) is 0.790. The van der Waals surface area contributed by atoms with E-state index in [1.807, 2.05) is 0 Å². The number of benzene rings is 1. The smallest absolute Gasteiger partial charge is 0.253 e. The number of hydrogen-bond acceptors (Lipinski definition) is 3. The van der Waals surface area contributed by atoms with Crippen molar-refractivity contribution in [1.82, 2.24) is 5.32 Å². The van der Waals surface area contributed by atoms with Crippen LogP contribution in [0.25, 0.3) is 0 Å². The average Bonchev–Trinajstić information content (AvgIpc) is 2.41. The van der Waals surface area contributed by atoms with Gasteiger partial charge >= 0.3 is 0 Å². The molecule has 1 aromatic carbocycles. The third kappa shape index (κ3) is 3.45. The summed E-state index contributed by atoms with van der Waals surface area (Å²) >= 11 is 5.72. The van der Waals surface area contributed by atoms with Crippen LogP contribution in [0.3, 0.4) is 0 Å². The van der Waals surface area contributed by atoms with E-state index in [0.717, 1.165) is 18.6 Å². The van der Waals surface area contributed by atoms with Gasteiger partial charge in [-0.25, -0.2) is 8.78 Å². The molecule has 0 radical (unpaired) electrons. The van der Waals surface area contributed by atoms with Crippen molar-refractivity contribution < 1.29 is 23.0 Å². The predicted octanol–water partition coefficient (Wildman–Crippen LogP) is 2.50. The minimum absolute atomic E-state index is 0.0845. The number of nitrogens with one attached hydrogen (secondary N) is 1. The van der Waals surface area contributed by atoms with Gasteiger partial charge in [-0.05, 0) is 25.5 Å². The van der Waals surface area contributed by atoms with Crippen LogP contribution in [0.5, 0.6) is 0 Å². The molecule has 1 aliphatic rings. The fourth-order valence-corrected chi connectivity index (χ4v) is 2.05. The molecule has 1 amide bonds. The summed E-state index contributed by atoms with van der Waals surface area (Å²) in [6.45, 7) is 2.86. The molecule has 0 aromatic heterocycles. The third-order valence-electron chi connectivity index (χ3n) is 2.93. The summed E-state index contributed by atoms with van der Waals surface area (Å²) in [6, 6.07) is 1.53. The summed E-state index contributed by atoms with van der Waals surface area (Å²) in [7, 11) is 0. The molecule has 4 nitrogen and oxygen atoms in total. The summed E-state index contributed by atoms with van der Waals surface area (Å²) in [4.78, 5) is 11.9. The Morgan fingerprint density at radius 2 is 1.95 bits per heavy atom. The van der Waals surface area contributed by atoms with E-state index < -0.39 is 23.3 Å². The zero-order valence-electron chi connectivity index (χ0n) is 10.8. The number of hydrogen-bond donors (Lipinski definition) is 1. The first-order chi connectivity index (χ1) is 9.41. The highest BCUT2D eigenvalue weighted by Gasteiger charge is 2.29. The standard InChI is InChI=1S/C13H14ClF2NO3/c1-13(19-3-2-4-20-13)7-17-12(18)8-5-10(15)11(16)6-9(8)14/h5-6H,2-4,7H2,1H3,(H,17,18). The summed E-state index contributed by atoms with van der Waals surface area (Å²) in [5.74, 6) is -3.76.